The van der Waals surface area contributed by atoms with Gasteiger partial charge >= 0.3 is 5.97 Å². The normalized spacial score (nSPS) is 12.2. The third-order valence-corrected chi connectivity index (χ3v) is 3.79. The molecule has 0 unspecified atom stereocenters. The van der Waals surface area contributed by atoms with Crippen LogP contribution < -0.4 is 5.32 Å². The van der Waals surface area contributed by atoms with Gasteiger partial charge in [-0.1, -0.05) is 50.1 Å². The van der Waals surface area contributed by atoms with E-state index in [1.807, 2.05) is 37.3 Å². The number of aliphatic carboxylic acids is 1. The van der Waals surface area contributed by atoms with Crippen molar-refractivity contribution in [2.75, 3.05) is 5.32 Å². The summed E-state index contributed by atoms with van der Waals surface area (Å²) in [5, 5.41) is 16.7. The molecule has 0 aliphatic rings. The van der Waals surface area contributed by atoms with Crippen LogP contribution >= 0.6 is 0 Å². The molecule has 7 heteroatoms. The van der Waals surface area contributed by atoms with Gasteiger partial charge in [-0.05, 0) is 6.42 Å². The van der Waals surface area contributed by atoms with Gasteiger partial charge in [0.2, 0.25) is 0 Å². The molecule has 0 amide bonds. The van der Waals surface area contributed by atoms with Crippen molar-refractivity contribution in [1.82, 2.24) is 19.6 Å². The Labute approximate surface area is 139 Å². The van der Waals surface area contributed by atoms with E-state index >= 15 is 0 Å². The van der Waals surface area contributed by atoms with Gasteiger partial charge in [0.1, 0.15) is 18.2 Å². The zero-order valence-corrected chi connectivity index (χ0v) is 13.4. The van der Waals surface area contributed by atoms with Crippen LogP contribution in [0.5, 0.6) is 0 Å². The van der Waals surface area contributed by atoms with Crippen LogP contribution in [0.3, 0.4) is 0 Å². The summed E-state index contributed by atoms with van der Waals surface area (Å²) in [5.41, 5.74) is 1.66. The van der Waals surface area contributed by atoms with E-state index in [1.54, 1.807) is 6.07 Å². The molecule has 1 atom stereocenters. The Morgan fingerprint density at radius 3 is 2.83 bits per heavy atom. The number of hydrogen-bond acceptors (Lipinski definition) is 5. The van der Waals surface area contributed by atoms with Gasteiger partial charge in [0, 0.05) is 11.6 Å². The monoisotopic (exact) mass is 325 g/mol. The fraction of sp³-hybridized carbons (Fsp3) is 0.294. The van der Waals surface area contributed by atoms with Gasteiger partial charge in [0.25, 0.3) is 5.78 Å². The third-order valence-electron chi connectivity index (χ3n) is 3.79. The Hall–Kier alpha value is -2.96. The minimum absolute atomic E-state index is 0.429. The molecule has 0 saturated carbocycles. The predicted octanol–water partition coefficient (Wildman–Crippen LogP) is 2.85. The first-order chi connectivity index (χ1) is 11.7. The maximum absolute atomic E-state index is 11.5. The van der Waals surface area contributed by atoms with Crippen LogP contribution in [0.25, 0.3) is 17.0 Å². The van der Waals surface area contributed by atoms with Crippen molar-refractivity contribution in [3.05, 3.63) is 42.7 Å². The Bertz CT molecular complexity index is 831. The lowest BCUT2D eigenvalue weighted by atomic mass is 10.1. The minimum atomic E-state index is -0.880. The molecular formula is C17H19N5O2. The van der Waals surface area contributed by atoms with Gasteiger partial charge in [-0.25, -0.2) is 9.78 Å². The van der Waals surface area contributed by atoms with Crippen LogP contribution in [-0.2, 0) is 4.79 Å². The number of rotatable bonds is 7. The van der Waals surface area contributed by atoms with Crippen molar-refractivity contribution in [3.63, 3.8) is 0 Å². The molecule has 0 fully saturated rings. The number of nitrogens with zero attached hydrogens (tertiary/aromatic N) is 4. The number of hydrogen-bond donors (Lipinski definition) is 2. The van der Waals surface area contributed by atoms with Gasteiger partial charge in [-0.15, -0.1) is 0 Å². The van der Waals surface area contributed by atoms with E-state index in [4.69, 9.17) is 0 Å². The number of carboxylic acid groups (broad SMARTS) is 1. The van der Waals surface area contributed by atoms with Crippen molar-refractivity contribution < 1.29 is 9.90 Å². The van der Waals surface area contributed by atoms with E-state index in [0.29, 0.717) is 18.0 Å². The van der Waals surface area contributed by atoms with E-state index < -0.39 is 12.0 Å². The van der Waals surface area contributed by atoms with E-state index in [0.717, 1.165) is 24.1 Å². The zero-order chi connectivity index (χ0) is 16.9. The summed E-state index contributed by atoms with van der Waals surface area (Å²) in [4.78, 5) is 20.1. The van der Waals surface area contributed by atoms with Gasteiger partial charge in [0.15, 0.2) is 0 Å². The molecule has 0 aliphatic heterocycles. The Morgan fingerprint density at radius 1 is 1.33 bits per heavy atom. The number of nitrogens with one attached hydrogen (secondary N) is 1. The highest BCUT2D eigenvalue weighted by molar-refractivity contribution is 5.77. The average Bonchev–Trinajstić information content (AvgIpc) is 3.07. The quantitative estimate of drug-likeness (QED) is 0.694. The Kier molecular flexibility index (Phi) is 4.69. The van der Waals surface area contributed by atoms with Crippen molar-refractivity contribution in [2.45, 2.75) is 32.2 Å². The van der Waals surface area contributed by atoms with Crippen LogP contribution in [0, 0.1) is 0 Å². The van der Waals surface area contributed by atoms with Crippen molar-refractivity contribution in [1.29, 1.82) is 0 Å². The molecule has 0 radical (unpaired) electrons. The molecule has 124 valence electrons. The standard InChI is InChI=1S/C17H19N5O2/c1-2-3-9-13(16(23)24)20-15-10-14(12-7-5-4-6-8-12)21-17-18-11-19-22(15)17/h4-8,10-11,13,20H,2-3,9H2,1H3,(H,23,24)/t13-/m0/s1. The first-order valence-corrected chi connectivity index (χ1v) is 7.94. The van der Waals surface area contributed by atoms with Crippen LogP contribution in [0.15, 0.2) is 42.7 Å². The highest BCUT2D eigenvalue weighted by Gasteiger charge is 2.19. The molecule has 3 aromatic rings. The SMILES string of the molecule is CCCC[C@H](Nc1cc(-c2ccccc2)nc2ncnn12)C(=O)O. The minimum Gasteiger partial charge on any atom is -0.480 e. The number of carboxylic acids is 1. The maximum atomic E-state index is 11.5. The average molecular weight is 325 g/mol. The number of anilines is 1. The summed E-state index contributed by atoms with van der Waals surface area (Å²) >= 11 is 0. The highest BCUT2D eigenvalue weighted by Crippen LogP contribution is 2.22. The molecular weight excluding hydrogens is 306 g/mol. The smallest absolute Gasteiger partial charge is 0.326 e. The molecule has 7 nitrogen and oxygen atoms in total. The van der Waals surface area contributed by atoms with Gasteiger partial charge in [0.05, 0.1) is 5.69 Å². The summed E-state index contributed by atoms with van der Waals surface area (Å²) in [5.74, 6) is 0.119. The van der Waals surface area contributed by atoms with E-state index in [-0.39, 0.29) is 0 Å². The topological polar surface area (TPSA) is 92.4 Å². The lowest BCUT2D eigenvalue weighted by Crippen LogP contribution is -2.30. The fourth-order valence-corrected chi connectivity index (χ4v) is 2.52. The number of aromatic nitrogens is 4. The summed E-state index contributed by atoms with van der Waals surface area (Å²) < 4.78 is 1.52. The third kappa shape index (κ3) is 3.34. The second-order valence-corrected chi connectivity index (χ2v) is 5.54. The summed E-state index contributed by atoms with van der Waals surface area (Å²) in [7, 11) is 0. The van der Waals surface area contributed by atoms with E-state index in [9.17, 15) is 9.90 Å². The summed E-state index contributed by atoms with van der Waals surface area (Å²) in [6.07, 6.45) is 3.73. The van der Waals surface area contributed by atoms with Gasteiger partial charge < -0.3 is 10.4 Å². The van der Waals surface area contributed by atoms with E-state index in [1.165, 1.54) is 10.8 Å². The van der Waals surface area contributed by atoms with Gasteiger partial charge in [-0.3, -0.25) is 0 Å². The largest absolute Gasteiger partial charge is 0.480 e. The van der Waals surface area contributed by atoms with Crippen LogP contribution in [0.2, 0.25) is 0 Å². The second kappa shape index (κ2) is 7.08. The second-order valence-electron chi connectivity index (χ2n) is 5.54. The summed E-state index contributed by atoms with van der Waals surface area (Å²) in [6, 6.07) is 10.8. The molecule has 2 N–H and O–H groups in total. The van der Waals surface area contributed by atoms with Crippen molar-refractivity contribution in [3.8, 4) is 11.3 Å². The fourth-order valence-electron chi connectivity index (χ4n) is 2.52. The molecule has 1 aromatic carbocycles. The molecule has 3 rings (SSSR count). The Morgan fingerprint density at radius 2 is 2.12 bits per heavy atom. The molecule has 2 heterocycles. The zero-order valence-electron chi connectivity index (χ0n) is 13.4. The van der Waals surface area contributed by atoms with Crippen LogP contribution in [-0.4, -0.2) is 36.7 Å². The predicted molar refractivity (Wildman–Crippen MR) is 90.8 cm³/mol. The van der Waals surface area contributed by atoms with Crippen LogP contribution in [0.4, 0.5) is 5.82 Å². The number of carbonyl (C=O) groups is 1. The Balaban J connectivity index is 1.99. The van der Waals surface area contributed by atoms with E-state index in [2.05, 4.69) is 20.4 Å². The molecule has 0 saturated heterocycles. The van der Waals surface area contributed by atoms with Crippen LogP contribution in [0.1, 0.15) is 26.2 Å². The maximum Gasteiger partial charge on any atom is 0.326 e. The summed E-state index contributed by atoms with van der Waals surface area (Å²) in [6.45, 7) is 2.04. The van der Waals surface area contributed by atoms with Gasteiger partial charge in [-0.2, -0.15) is 14.6 Å². The van der Waals surface area contributed by atoms with Crippen molar-refractivity contribution >= 4 is 17.6 Å². The van der Waals surface area contributed by atoms with Crippen molar-refractivity contribution in [2.24, 2.45) is 0 Å². The molecule has 24 heavy (non-hydrogen) atoms. The molecule has 0 aliphatic carbocycles. The molecule has 0 spiro atoms. The lowest BCUT2D eigenvalue weighted by molar-refractivity contribution is -0.138. The number of benzene rings is 1. The molecule has 0 bridgehead atoms. The molecule has 2 aromatic heterocycles. The number of unbranched alkanes of at least 4 members (excludes halogenated alkanes) is 1. The number of fused-ring (bicyclic) bond motifs is 1. The lowest BCUT2D eigenvalue weighted by Gasteiger charge is -2.16. The highest BCUT2D eigenvalue weighted by atomic mass is 16.4. The first-order valence-electron chi connectivity index (χ1n) is 7.94. The first kappa shape index (κ1) is 15.9.